The van der Waals surface area contributed by atoms with E-state index in [2.05, 4.69) is 0 Å². The van der Waals surface area contributed by atoms with E-state index < -0.39 is 24.3 Å². The number of nitrogen functional groups attached to an aromatic ring is 1. The second-order valence-corrected chi connectivity index (χ2v) is 7.33. The Labute approximate surface area is 153 Å². The first kappa shape index (κ1) is 19.8. The molecule has 1 saturated heterocycles. The molecule has 1 aliphatic rings. The number of halogens is 1. The predicted molar refractivity (Wildman–Crippen MR) is 98.3 cm³/mol. The highest BCUT2D eigenvalue weighted by atomic mass is 35.5. The Morgan fingerprint density at radius 3 is 2.36 bits per heavy atom. The van der Waals surface area contributed by atoms with Gasteiger partial charge in [-0.15, -0.1) is 0 Å². The number of benzene rings is 1. The van der Waals surface area contributed by atoms with Gasteiger partial charge in [0.25, 0.3) is 0 Å². The number of carbonyl (C=O) groups excluding carboxylic acids is 1. The van der Waals surface area contributed by atoms with Crippen molar-refractivity contribution >= 4 is 36.5 Å². The lowest BCUT2D eigenvalue weighted by Gasteiger charge is -2.32. The number of esters is 1. The predicted octanol–water partition coefficient (Wildman–Crippen LogP) is 2.72. The molecular weight excluding hydrogens is 344 g/mol. The molecule has 1 aromatic rings. The van der Waals surface area contributed by atoms with Crippen molar-refractivity contribution in [1.82, 2.24) is 0 Å². The molecule has 6 nitrogen and oxygen atoms in total. The number of aliphatic hydroxyl groups is 1. The summed E-state index contributed by atoms with van der Waals surface area (Å²) in [5.74, 6) is -0.565. The standard InChI is InChI=1S/C17H23BClNO5/c1-16(2)17(3,4)25-18(24-16)11(9-21)6-10-7-12(15(22)23-5)14(20)8-13(10)19/h6-8,21H,9,20H2,1-5H3. The lowest BCUT2D eigenvalue weighted by Crippen LogP contribution is -2.41. The molecular formula is C17H23BClNO5. The van der Waals surface area contributed by atoms with Crippen LogP contribution in [0.4, 0.5) is 5.69 Å². The molecule has 136 valence electrons. The number of hydrogen-bond acceptors (Lipinski definition) is 6. The molecule has 1 aliphatic heterocycles. The first-order valence-corrected chi connectivity index (χ1v) is 8.24. The number of carbonyl (C=O) groups is 1. The molecule has 1 heterocycles. The average Bonchev–Trinajstić information content (AvgIpc) is 2.73. The molecule has 0 radical (unpaired) electrons. The van der Waals surface area contributed by atoms with Crippen LogP contribution < -0.4 is 5.73 Å². The minimum absolute atomic E-state index is 0.198. The molecule has 0 amide bonds. The zero-order chi connectivity index (χ0) is 19.0. The third-order valence-corrected chi connectivity index (χ3v) is 4.98. The zero-order valence-corrected chi connectivity index (χ0v) is 15.8. The monoisotopic (exact) mass is 367 g/mol. The van der Waals surface area contributed by atoms with Gasteiger partial charge in [0, 0.05) is 10.7 Å². The van der Waals surface area contributed by atoms with Gasteiger partial charge in [0.15, 0.2) is 0 Å². The summed E-state index contributed by atoms with van der Waals surface area (Å²) in [6.45, 7) is 7.41. The number of anilines is 1. The number of rotatable bonds is 4. The Morgan fingerprint density at radius 2 is 1.88 bits per heavy atom. The molecule has 8 heteroatoms. The summed E-state index contributed by atoms with van der Waals surface area (Å²) < 4.78 is 16.6. The van der Waals surface area contributed by atoms with Crippen LogP contribution in [-0.4, -0.2) is 43.1 Å². The third-order valence-electron chi connectivity index (χ3n) is 4.65. The van der Waals surface area contributed by atoms with Crippen LogP contribution in [0.15, 0.2) is 17.6 Å². The Hall–Kier alpha value is -1.54. The Morgan fingerprint density at radius 1 is 1.32 bits per heavy atom. The number of hydrogen-bond donors (Lipinski definition) is 2. The van der Waals surface area contributed by atoms with Crippen molar-refractivity contribution < 1.29 is 23.9 Å². The lowest BCUT2D eigenvalue weighted by atomic mass is 9.77. The van der Waals surface area contributed by atoms with E-state index in [0.29, 0.717) is 16.1 Å². The van der Waals surface area contributed by atoms with Crippen molar-refractivity contribution in [1.29, 1.82) is 0 Å². The van der Waals surface area contributed by atoms with Gasteiger partial charge in [0.1, 0.15) is 0 Å². The van der Waals surface area contributed by atoms with Crippen molar-refractivity contribution in [3.8, 4) is 0 Å². The van der Waals surface area contributed by atoms with E-state index >= 15 is 0 Å². The molecule has 2 rings (SSSR count). The molecule has 3 N–H and O–H groups in total. The van der Waals surface area contributed by atoms with E-state index in [-0.39, 0.29) is 17.9 Å². The number of aliphatic hydroxyl groups excluding tert-OH is 1. The smallest absolute Gasteiger partial charge is 0.465 e. The Kier molecular flexibility index (Phi) is 5.54. The largest absolute Gasteiger partial charge is 0.492 e. The first-order valence-electron chi connectivity index (χ1n) is 7.86. The van der Waals surface area contributed by atoms with Gasteiger partial charge in [-0.2, -0.15) is 0 Å². The van der Waals surface area contributed by atoms with E-state index in [1.54, 1.807) is 6.08 Å². The summed E-state index contributed by atoms with van der Waals surface area (Å²) in [5.41, 5.74) is 6.16. The van der Waals surface area contributed by atoms with Gasteiger partial charge in [-0.3, -0.25) is 0 Å². The SMILES string of the molecule is COC(=O)c1cc(C=C(CO)B2OC(C)(C)C(C)(C)O2)c(Cl)cc1N. The topological polar surface area (TPSA) is 91.0 Å². The van der Waals surface area contributed by atoms with Crippen molar-refractivity contribution in [2.45, 2.75) is 38.9 Å². The van der Waals surface area contributed by atoms with Gasteiger partial charge in [0.2, 0.25) is 0 Å². The Balaban J connectivity index is 2.42. The summed E-state index contributed by atoms with van der Waals surface area (Å²) in [7, 11) is 0.556. The van der Waals surface area contributed by atoms with Crippen LogP contribution in [0, 0.1) is 0 Å². The maximum absolute atomic E-state index is 11.8. The molecule has 0 unspecified atom stereocenters. The summed E-state index contributed by atoms with van der Waals surface area (Å²) in [6.07, 6.45) is 1.64. The summed E-state index contributed by atoms with van der Waals surface area (Å²) in [4.78, 5) is 11.8. The van der Waals surface area contributed by atoms with E-state index in [9.17, 15) is 9.90 Å². The van der Waals surface area contributed by atoms with Crippen molar-refractivity contribution in [2.75, 3.05) is 19.5 Å². The average molecular weight is 368 g/mol. The molecule has 0 saturated carbocycles. The van der Waals surface area contributed by atoms with E-state index in [0.717, 1.165) is 0 Å². The van der Waals surface area contributed by atoms with Gasteiger partial charge in [-0.05, 0) is 50.9 Å². The number of nitrogens with two attached hydrogens (primary N) is 1. The fraction of sp³-hybridized carbons (Fsp3) is 0.471. The molecule has 1 fully saturated rings. The quantitative estimate of drug-likeness (QED) is 0.483. The molecule has 0 aromatic heterocycles. The van der Waals surface area contributed by atoms with Gasteiger partial charge < -0.3 is 24.9 Å². The minimum atomic E-state index is -0.717. The summed E-state index contributed by atoms with van der Waals surface area (Å²) in [6, 6.07) is 2.99. The van der Waals surface area contributed by atoms with Gasteiger partial charge in [-0.1, -0.05) is 17.7 Å². The first-order chi connectivity index (χ1) is 11.5. The molecule has 0 spiro atoms. The second-order valence-electron chi connectivity index (χ2n) is 6.92. The van der Waals surface area contributed by atoms with Crippen LogP contribution in [0.5, 0.6) is 0 Å². The normalized spacial score (nSPS) is 19.2. The maximum atomic E-state index is 11.8. The molecule has 0 aliphatic carbocycles. The van der Waals surface area contributed by atoms with Gasteiger partial charge >= 0.3 is 13.1 Å². The van der Waals surface area contributed by atoms with Crippen LogP contribution >= 0.6 is 11.6 Å². The van der Waals surface area contributed by atoms with E-state index in [1.165, 1.54) is 19.2 Å². The number of methoxy groups -OCH3 is 1. The summed E-state index contributed by atoms with van der Waals surface area (Å²) >= 11 is 6.23. The van der Waals surface area contributed by atoms with E-state index in [4.69, 9.17) is 31.4 Å². The minimum Gasteiger partial charge on any atom is -0.465 e. The molecule has 0 atom stereocenters. The van der Waals surface area contributed by atoms with Crippen molar-refractivity contribution in [2.24, 2.45) is 0 Å². The fourth-order valence-corrected chi connectivity index (χ4v) is 2.61. The highest BCUT2D eigenvalue weighted by Gasteiger charge is 2.52. The maximum Gasteiger partial charge on any atom is 0.492 e. The van der Waals surface area contributed by atoms with Crippen LogP contribution in [-0.2, 0) is 14.0 Å². The van der Waals surface area contributed by atoms with Crippen LogP contribution in [0.1, 0.15) is 43.6 Å². The van der Waals surface area contributed by atoms with Crippen LogP contribution in [0.25, 0.3) is 6.08 Å². The van der Waals surface area contributed by atoms with Gasteiger partial charge in [0.05, 0.1) is 30.5 Å². The molecule has 1 aromatic carbocycles. The third kappa shape index (κ3) is 3.85. The Bertz CT molecular complexity index is 701. The number of ether oxygens (including phenoxy) is 1. The highest BCUT2D eigenvalue weighted by Crippen LogP contribution is 2.39. The van der Waals surface area contributed by atoms with Crippen LogP contribution in [0.2, 0.25) is 5.02 Å². The molecule has 25 heavy (non-hydrogen) atoms. The molecule has 0 bridgehead atoms. The summed E-state index contributed by atoms with van der Waals surface area (Å²) in [5, 5.41) is 10.1. The second kappa shape index (κ2) is 7.00. The van der Waals surface area contributed by atoms with Crippen molar-refractivity contribution in [3.63, 3.8) is 0 Å². The van der Waals surface area contributed by atoms with Crippen molar-refractivity contribution in [3.05, 3.63) is 33.8 Å². The van der Waals surface area contributed by atoms with E-state index in [1.807, 2.05) is 27.7 Å². The highest BCUT2D eigenvalue weighted by molar-refractivity contribution is 6.56. The van der Waals surface area contributed by atoms with Gasteiger partial charge in [-0.25, -0.2) is 4.79 Å². The lowest BCUT2D eigenvalue weighted by molar-refractivity contribution is 0.00578. The van der Waals surface area contributed by atoms with Crippen LogP contribution in [0.3, 0.4) is 0 Å². The zero-order valence-electron chi connectivity index (χ0n) is 15.1. The fourth-order valence-electron chi connectivity index (χ4n) is 2.39.